The molecule has 1 fully saturated rings. The Hall–Kier alpha value is -2.43. The highest BCUT2D eigenvalue weighted by Gasteiger charge is 2.17. The van der Waals surface area contributed by atoms with Gasteiger partial charge in [0, 0.05) is 17.0 Å². The number of fused-ring (bicyclic) bond motifs is 1. The van der Waals surface area contributed by atoms with Gasteiger partial charge < -0.3 is 4.74 Å². The number of aromatic nitrogens is 4. The van der Waals surface area contributed by atoms with Crippen molar-refractivity contribution in [2.75, 3.05) is 0 Å². The fourth-order valence-electron chi connectivity index (χ4n) is 3.08. The molecular weight excluding hydrogens is 276 g/mol. The molecule has 0 amide bonds. The maximum absolute atomic E-state index is 5.83. The number of ether oxygens (including phenoxy) is 1. The van der Waals surface area contributed by atoms with E-state index < -0.39 is 0 Å². The van der Waals surface area contributed by atoms with Gasteiger partial charge in [0.2, 0.25) is 5.88 Å². The lowest BCUT2D eigenvalue weighted by molar-refractivity contribution is 0.287. The minimum Gasteiger partial charge on any atom is -0.470 e. The van der Waals surface area contributed by atoms with Crippen LogP contribution in [0.4, 0.5) is 0 Å². The van der Waals surface area contributed by atoms with Gasteiger partial charge in [-0.1, -0.05) is 31.0 Å². The van der Waals surface area contributed by atoms with E-state index >= 15 is 0 Å². The average Bonchev–Trinajstić information content (AvgIpc) is 3.24. The van der Waals surface area contributed by atoms with E-state index in [9.17, 15) is 0 Å². The van der Waals surface area contributed by atoms with Crippen molar-refractivity contribution in [3.8, 4) is 5.88 Å². The first-order chi connectivity index (χ1) is 10.9. The summed E-state index contributed by atoms with van der Waals surface area (Å²) in [5.74, 6) is 0.563. The van der Waals surface area contributed by atoms with Crippen molar-refractivity contribution in [1.29, 1.82) is 0 Å². The molecule has 5 heteroatoms. The quantitative estimate of drug-likeness (QED) is 0.738. The molecule has 0 saturated heterocycles. The molecule has 22 heavy (non-hydrogen) atoms. The second-order valence-corrected chi connectivity index (χ2v) is 5.75. The first-order valence-corrected chi connectivity index (χ1v) is 7.77. The molecule has 112 valence electrons. The lowest BCUT2D eigenvalue weighted by atomic mass is 10.2. The number of hydrogen-bond acceptors (Lipinski definition) is 4. The second kappa shape index (κ2) is 5.75. The lowest BCUT2D eigenvalue weighted by Gasteiger charge is -2.09. The first kappa shape index (κ1) is 13.2. The summed E-state index contributed by atoms with van der Waals surface area (Å²) in [4.78, 5) is 0. The molecule has 0 aliphatic heterocycles. The number of hydrogen-bond donors (Lipinski definition) is 0. The summed E-state index contributed by atoms with van der Waals surface area (Å²) in [6, 6.07) is 10.5. The van der Waals surface area contributed by atoms with Crippen LogP contribution in [0.3, 0.4) is 0 Å². The van der Waals surface area contributed by atoms with Crippen LogP contribution in [-0.2, 0) is 6.61 Å². The molecule has 0 N–H and O–H groups in total. The summed E-state index contributed by atoms with van der Waals surface area (Å²) < 4.78 is 7.92. The normalized spacial score (nSPS) is 15.5. The van der Waals surface area contributed by atoms with Crippen molar-refractivity contribution in [2.45, 2.75) is 38.3 Å². The zero-order valence-electron chi connectivity index (χ0n) is 12.4. The van der Waals surface area contributed by atoms with Crippen LogP contribution in [0.5, 0.6) is 5.88 Å². The van der Waals surface area contributed by atoms with Crippen molar-refractivity contribution < 1.29 is 4.74 Å². The molecule has 2 heterocycles. The minimum absolute atomic E-state index is 0.419. The van der Waals surface area contributed by atoms with Gasteiger partial charge in [0.15, 0.2) is 0 Å². The smallest absolute Gasteiger partial charge is 0.241 e. The number of nitrogens with zero attached hydrogens (tertiary/aromatic N) is 4. The van der Waals surface area contributed by atoms with Crippen LogP contribution >= 0.6 is 0 Å². The van der Waals surface area contributed by atoms with E-state index in [-0.39, 0.29) is 0 Å². The van der Waals surface area contributed by atoms with Crippen LogP contribution in [0.2, 0.25) is 0 Å². The lowest BCUT2D eigenvalue weighted by Crippen LogP contribution is -2.06. The molecule has 0 bridgehead atoms. The van der Waals surface area contributed by atoms with Gasteiger partial charge in [-0.05, 0) is 25.0 Å². The second-order valence-electron chi connectivity index (χ2n) is 5.75. The van der Waals surface area contributed by atoms with Crippen LogP contribution in [-0.4, -0.2) is 20.0 Å². The third kappa shape index (κ3) is 2.54. The number of benzene rings is 1. The first-order valence-electron chi connectivity index (χ1n) is 7.77. The number of rotatable bonds is 4. The standard InChI is InChI=1S/C17H18N4O/c1-4-8-16-13(5-1)11-18-19-17(16)22-12-14-9-10-21(20-14)15-6-2-3-7-15/h1,4-5,8-11,15H,2-3,6-7,12H2. The van der Waals surface area contributed by atoms with Crippen molar-refractivity contribution >= 4 is 10.8 Å². The highest BCUT2D eigenvalue weighted by molar-refractivity contribution is 5.85. The van der Waals surface area contributed by atoms with Gasteiger partial charge in [0.25, 0.3) is 0 Å². The maximum atomic E-state index is 5.83. The van der Waals surface area contributed by atoms with E-state index in [1.807, 2.05) is 30.3 Å². The Balaban J connectivity index is 1.50. The third-order valence-electron chi connectivity index (χ3n) is 4.26. The summed E-state index contributed by atoms with van der Waals surface area (Å²) in [6.45, 7) is 0.419. The van der Waals surface area contributed by atoms with Gasteiger partial charge >= 0.3 is 0 Å². The molecule has 3 aromatic rings. The van der Waals surface area contributed by atoms with E-state index in [0.717, 1.165) is 16.5 Å². The summed E-state index contributed by atoms with van der Waals surface area (Å²) in [5.41, 5.74) is 0.932. The summed E-state index contributed by atoms with van der Waals surface area (Å²) >= 11 is 0. The van der Waals surface area contributed by atoms with Gasteiger partial charge in [0.1, 0.15) is 6.61 Å². The van der Waals surface area contributed by atoms with E-state index in [1.165, 1.54) is 25.7 Å². The van der Waals surface area contributed by atoms with Gasteiger partial charge in [-0.15, -0.1) is 5.10 Å². The average molecular weight is 294 g/mol. The molecule has 1 aromatic carbocycles. The molecule has 1 aliphatic carbocycles. The molecule has 2 aromatic heterocycles. The highest BCUT2D eigenvalue weighted by atomic mass is 16.5. The van der Waals surface area contributed by atoms with Crippen LogP contribution in [0.1, 0.15) is 37.4 Å². The maximum Gasteiger partial charge on any atom is 0.241 e. The molecule has 1 saturated carbocycles. The molecular formula is C17H18N4O. The summed E-state index contributed by atoms with van der Waals surface area (Å²) in [6.07, 6.45) is 8.89. The Morgan fingerprint density at radius 1 is 1.14 bits per heavy atom. The Morgan fingerprint density at radius 2 is 2.00 bits per heavy atom. The minimum atomic E-state index is 0.419. The fraction of sp³-hybridized carbons (Fsp3) is 0.353. The van der Waals surface area contributed by atoms with E-state index in [4.69, 9.17) is 4.74 Å². The van der Waals surface area contributed by atoms with E-state index in [2.05, 4.69) is 26.2 Å². The summed E-state index contributed by atoms with van der Waals surface area (Å²) in [7, 11) is 0. The van der Waals surface area contributed by atoms with Crippen molar-refractivity contribution in [3.05, 3.63) is 48.4 Å². The van der Waals surface area contributed by atoms with Crippen molar-refractivity contribution in [1.82, 2.24) is 20.0 Å². The zero-order chi connectivity index (χ0) is 14.8. The van der Waals surface area contributed by atoms with Crippen LogP contribution < -0.4 is 4.74 Å². The Kier molecular flexibility index (Phi) is 3.46. The van der Waals surface area contributed by atoms with Crippen molar-refractivity contribution in [2.24, 2.45) is 0 Å². The Morgan fingerprint density at radius 3 is 2.91 bits per heavy atom. The van der Waals surface area contributed by atoms with Gasteiger partial charge in [-0.3, -0.25) is 4.68 Å². The molecule has 0 atom stereocenters. The van der Waals surface area contributed by atoms with E-state index in [1.54, 1.807) is 6.20 Å². The fourth-order valence-corrected chi connectivity index (χ4v) is 3.08. The third-order valence-corrected chi connectivity index (χ3v) is 4.26. The van der Waals surface area contributed by atoms with Crippen LogP contribution in [0.15, 0.2) is 42.7 Å². The van der Waals surface area contributed by atoms with Gasteiger partial charge in [0.05, 0.1) is 17.9 Å². The predicted molar refractivity (Wildman–Crippen MR) is 83.6 cm³/mol. The van der Waals surface area contributed by atoms with E-state index in [0.29, 0.717) is 18.5 Å². The van der Waals surface area contributed by atoms with Gasteiger partial charge in [-0.25, -0.2) is 0 Å². The summed E-state index contributed by atoms with van der Waals surface area (Å²) in [5, 5.41) is 14.7. The monoisotopic (exact) mass is 294 g/mol. The zero-order valence-corrected chi connectivity index (χ0v) is 12.4. The topological polar surface area (TPSA) is 52.8 Å². The molecule has 0 spiro atoms. The van der Waals surface area contributed by atoms with Crippen LogP contribution in [0, 0.1) is 0 Å². The Labute approximate surface area is 128 Å². The molecule has 0 radical (unpaired) electrons. The SMILES string of the molecule is c1ccc2c(OCc3ccn(C4CCCC4)n3)nncc2c1. The molecule has 5 nitrogen and oxygen atoms in total. The molecule has 0 unspecified atom stereocenters. The Bertz CT molecular complexity index is 772. The largest absolute Gasteiger partial charge is 0.470 e. The van der Waals surface area contributed by atoms with Crippen molar-refractivity contribution in [3.63, 3.8) is 0 Å². The highest BCUT2D eigenvalue weighted by Crippen LogP contribution is 2.29. The predicted octanol–water partition coefficient (Wildman–Crippen LogP) is 3.52. The van der Waals surface area contributed by atoms with Crippen LogP contribution in [0.25, 0.3) is 10.8 Å². The molecule has 4 rings (SSSR count). The molecule has 1 aliphatic rings. The van der Waals surface area contributed by atoms with Gasteiger partial charge in [-0.2, -0.15) is 10.2 Å².